The fourth-order valence-electron chi connectivity index (χ4n) is 10.3. The molecule has 0 heterocycles. The SMILES string of the molecule is CC/C=C\C/C=C\C/C=C\CCCCCCCC(=O)OCC(COC(=O)CCCCCCCCCCCCCCCCCCCC/C=C\C/C=C\C/C=C\CCCCCCC)OC(=O)CCCCCCC/C=C\CCCCCCCCC. The van der Waals surface area contributed by atoms with E-state index in [0.717, 1.165) is 122 Å². The minimum absolute atomic E-state index is 0.0824. The number of unbranched alkanes of at least 4 members (excludes halogenated alkanes) is 40. The van der Waals surface area contributed by atoms with Crippen LogP contribution in [0.4, 0.5) is 0 Å². The van der Waals surface area contributed by atoms with Gasteiger partial charge in [-0.05, 0) is 116 Å². The van der Waals surface area contributed by atoms with Crippen LogP contribution >= 0.6 is 0 Å². The molecule has 0 amide bonds. The lowest BCUT2D eigenvalue weighted by molar-refractivity contribution is -0.167. The Morgan fingerprint density at radius 3 is 0.756 bits per heavy atom. The van der Waals surface area contributed by atoms with Crippen LogP contribution in [0.2, 0.25) is 0 Å². The lowest BCUT2D eigenvalue weighted by Crippen LogP contribution is -2.30. The Morgan fingerprint density at radius 1 is 0.256 bits per heavy atom. The molecule has 0 aliphatic carbocycles. The molecule has 474 valence electrons. The molecule has 0 saturated heterocycles. The zero-order chi connectivity index (χ0) is 59.2. The van der Waals surface area contributed by atoms with Gasteiger partial charge >= 0.3 is 17.9 Å². The van der Waals surface area contributed by atoms with Gasteiger partial charge < -0.3 is 14.2 Å². The van der Waals surface area contributed by atoms with Crippen molar-refractivity contribution in [3.8, 4) is 0 Å². The van der Waals surface area contributed by atoms with Crippen molar-refractivity contribution in [2.75, 3.05) is 13.2 Å². The largest absolute Gasteiger partial charge is 0.462 e. The maximum atomic E-state index is 12.9. The molecule has 0 aliphatic heterocycles. The Balaban J connectivity index is 4.19. The van der Waals surface area contributed by atoms with E-state index in [0.29, 0.717) is 19.3 Å². The Kier molecular flexibility index (Phi) is 67.2. The summed E-state index contributed by atoms with van der Waals surface area (Å²) in [4.78, 5) is 38.4. The van der Waals surface area contributed by atoms with Crippen molar-refractivity contribution < 1.29 is 28.6 Å². The highest BCUT2D eigenvalue weighted by molar-refractivity contribution is 5.71. The molecule has 0 aromatic rings. The Bertz CT molecular complexity index is 1550. The number of esters is 3. The van der Waals surface area contributed by atoms with Gasteiger partial charge in [0.25, 0.3) is 0 Å². The highest BCUT2D eigenvalue weighted by atomic mass is 16.6. The van der Waals surface area contributed by atoms with Gasteiger partial charge in [0.2, 0.25) is 0 Å². The topological polar surface area (TPSA) is 78.9 Å². The molecule has 0 aliphatic rings. The van der Waals surface area contributed by atoms with Crippen LogP contribution in [0.25, 0.3) is 0 Å². The lowest BCUT2D eigenvalue weighted by atomic mass is 10.0. The summed E-state index contributed by atoms with van der Waals surface area (Å²) < 4.78 is 16.9. The molecule has 0 N–H and O–H groups in total. The highest BCUT2D eigenvalue weighted by Crippen LogP contribution is 2.17. The zero-order valence-electron chi connectivity index (χ0n) is 54.5. The summed E-state index contributed by atoms with van der Waals surface area (Å²) in [5, 5.41) is 0. The molecule has 0 aromatic carbocycles. The number of ether oxygens (including phenoxy) is 3. The molecule has 0 fully saturated rings. The molecule has 0 spiro atoms. The van der Waals surface area contributed by atoms with Gasteiger partial charge in [-0.15, -0.1) is 0 Å². The van der Waals surface area contributed by atoms with E-state index >= 15 is 0 Å². The number of hydrogen-bond acceptors (Lipinski definition) is 6. The van der Waals surface area contributed by atoms with E-state index in [4.69, 9.17) is 14.2 Å². The molecule has 0 bridgehead atoms. The van der Waals surface area contributed by atoms with Gasteiger partial charge in [0.05, 0.1) is 0 Å². The first-order valence-corrected chi connectivity index (χ1v) is 35.6. The van der Waals surface area contributed by atoms with Gasteiger partial charge in [-0.2, -0.15) is 0 Å². The fraction of sp³-hybridized carbons (Fsp3) is 0.776. The van der Waals surface area contributed by atoms with E-state index in [1.165, 1.54) is 199 Å². The molecule has 1 unspecified atom stereocenters. The van der Waals surface area contributed by atoms with Crippen molar-refractivity contribution in [3.63, 3.8) is 0 Å². The third-order valence-electron chi connectivity index (χ3n) is 15.6. The van der Waals surface area contributed by atoms with Crippen LogP contribution in [0, 0.1) is 0 Å². The Hall–Kier alpha value is -3.41. The third-order valence-corrected chi connectivity index (χ3v) is 15.6. The quantitative estimate of drug-likeness (QED) is 0.0261. The molecule has 6 heteroatoms. The van der Waals surface area contributed by atoms with Crippen molar-refractivity contribution in [1.29, 1.82) is 0 Å². The summed E-state index contributed by atoms with van der Waals surface area (Å²) in [5.41, 5.74) is 0. The molecule has 1 atom stereocenters. The van der Waals surface area contributed by atoms with Gasteiger partial charge in [-0.1, -0.05) is 311 Å². The first-order valence-electron chi connectivity index (χ1n) is 35.6. The molecular formula is C76H134O6. The number of rotatable bonds is 65. The van der Waals surface area contributed by atoms with Crippen LogP contribution < -0.4 is 0 Å². The average Bonchev–Trinajstić information content (AvgIpc) is 3.47. The van der Waals surface area contributed by atoms with E-state index in [1.54, 1.807) is 0 Å². The van der Waals surface area contributed by atoms with Gasteiger partial charge in [0.15, 0.2) is 6.10 Å². The van der Waals surface area contributed by atoms with E-state index in [1.807, 2.05) is 0 Å². The predicted molar refractivity (Wildman–Crippen MR) is 358 cm³/mol. The molecular weight excluding hydrogens is 1010 g/mol. The maximum absolute atomic E-state index is 12.9. The minimum Gasteiger partial charge on any atom is -0.462 e. The Labute approximate surface area is 509 Å². The van der Waals surface area contributed by atoms with Gasteiger partial charge in [-0.3, -0.25) is 14.4 Å². The van der Waals surface area contributed by atoms with Crippen LogP contribution in [-0.2, 0) is 28.6 Å². The number of allylic oxidation sites excluding steroid dienone is 14. The molecule has 82 heavy (non-hydrogen) atoms. The van der Waals surface area contributed by atoms with Gasteiger partial charge in [0, 0.05) is 19.3 Å². The second-order valence-electron chi connectivity index (χ2n) is 23.8. The molecule has 6 nitrogen and oxygen atoms in total. The average molecular weight is 1140 g/mol. The highest BCUT2D eigenvalue weighted by Gasteiger charge is 2.19. The van der Waals surface area contributed by atoms with Gasteiger partial charge in [0.1, 0.15) is 13.2 Å². The summed E-state index contributed by atoms with van der Waals surface area (Å²) in [5.74, 6) is -0.891. The van der Waals surface area contributed by atoms with Crippen LogP contribution in [0.5, 0.6) is 0 Å². The summed E-state index contributed by atoms with van der Waals surface area (Å²) in [7, 11) is 0. The number of carbonyl (C=O) groups is 3. The van der Waals surface area contributed by atoms with E-state index in [-0.39, 0.29) is 31.1 Å². The van der Waals surface area contributed by atoms with Crippen molar-refractivity contribution in [3.05, 3.63) is 85.1 Å². The molecule has 0 saturated carbocycles. The summed E-state index contributed by atoms with van der Waals surface area (Å²) in [6, 6.07) is 0. The maximum Gasteiger partial charge on any atom is 0.306 e. The summed E-state index contributed by atoms with van der Waals surface area (Å²) in [6.07, 6.45) is 93.4. The smallest absolute Gasteiger partial charge is 0.306 e. The normalized spacial score (nSPS) is 12.6. The Morgan fingerprint density at radius 2 is 0.476 bits per heavy atom. The molecule has 0 radical (unpaired) electrons. The number of hydrogen-bond donors (Lipinski definition) is 0. The first kappa shape index (κ1) is 78.6. The monoisotopic (exact) mass is 1140 g/mol. The predicted octanol–water partition coefficient (Wildman–Crippen LogP) is 24.6. The second-order valence-corrected chi connectivity index (χ2v) is 23.8. The molecule has 0 rings (SSSR count). The first-order chi connectivity index (χ1) is 40.5. The minimum atomic E-state index is -0.788. The third kappa shape index (κ3) is 67.4. The van der Waals surface area contributed by atoms with E-state index in [2.05, 4.69) is 106 Å². The van der Waals surface area contributed by atoms with Crippen LogP contribution in [0.1, 0.15) is 361 Å². The van der Waals surface area contributed by atoms with Crippen molar-refractivity contribution in [2.45, 2.75) is 367 Å². The van der Waals surface area contributed by atoms with E-state index in [9.17, 15) is 14.4 Å². The number of carbonyl (C=O) groups excluding carboxylic acids is 3. The van der Waals surface area contributed by atoms with Crippen LogP contribution in [0.3, 0.4) is 0 Å². The van der Waals surface area contributed by atoms with Crippen molar-refractivity contribution in [2.24, 2.45) is 0 Å². The lowest BCUT2D eigenvalue weighted by Gasteiger charge is -2.18. The fourth-order valence-corrected chi connectivity index (χ4v) is 10.3. The zero-order valence-corrected chi connectivity index (χ0v) is 54.5. The standard InChI is InChI=1S/C76H134O6/c1-4-7-10-13-16-19-22-25-28-30-31-32-33-34-35-36-37-38-39-40-41-42-43-44-45-46-49-51-54-57-60-63-66-69-75(78)81-72-73(71-80-74(77)68-65-62-59-56-53-50-47-27-24-21-18-15-12-9-6-3)82-76(79)70-67-64-61-58-55-52-48-29-26-23-20-17-14-11-8-5-2/h9,12,18,21-22,25,27,29-31,33-34,47-48,73H,4-8,10-11,13-17,19-20,23-24,26,28,32,35-46,49-72H2,1-3H3/b12-9-,21-18-,25-22-,31-30-,34-33-,47-27-,48-29-. The summed E-state index contributed by atoms with van der Waals surface area (Å²) >= 11 is 0. The second kappa shape index (κ2) is 70.1. The molecule has 0 aromatic heterocycles. The van der Waals surface area contributed by atoms with Gasteiger partial charge in [-0.25, -0.2) is 0 Å². The van der Waals surface area contributed by atoms with Crippen molar-refractivity contribution >= 4 is 17.9 Å². The van der Waals surface area contributed by atoms with Crippen molar-refractivity contribution in [1.82, 2.24) is 0 Å². The van der Waals surface area contributed by atoms with Crippen LogP contribution in [0.15, 0.2) is 85.1 Å². The van der Waals surface area contributed by atoms with E-state index < -0.39 is 6.10 Å². The summed E-state index contributed by atoms with van der Waals surface area (Å²) in [6.45, 7) is 6.53. The van der Waals surface area contributed by atoms with Crippen LogP contribution in [-0.4, -0.2) is 37.2 Å².